The molecule has 0 unspecified atom stereocenters. The molecule has 1 N–H and O–H groups in total. The number of halogens is 3. The minimum absolute atomic E-state index is 0.337. The molecule has 0 aliphatic heterocycles. The Morgan fingerprint density at radius 1 is 1.27 bits per heavy atom. The summed E-state index contributed by atoms with van der Waals surface area (Å²) < 4.78 is 44.1. The van der Waals surface area contributed by atoms with Crippen molar-refractivity contribution in [1.29, 1.82) is 0 Å². The molecule has 2 rings (SSSR count). The van der Waals surface area contributed by atoms with E-state index in [1.807, 2.05) is 24.3 Å². The Labute approximate surface area is 126 Å². The largest absolute Gasteiger partial charge is 0.497 e. The lowest BCUT2D eigenvalue weighted by Crippen LogP contribution is -2.18. The molecule has 1 heterocycles. The van der Waals surface area contributed by atoms with Gasteiger partial charge in [0.2, 0.25) is 0 Å². The molecule has 0 aliphatic carbocycles. The van der Waals surface area contributed by atoms with E-state index < -0.39 is 11.9 Å². The van der Waals surface area contributed by atoms with Crippen molar-refractivity contribution in [1.82, 2.24) is 15.1 Å². The molecule has 0 amide bonds. The molecule has 0 atom stereocenters. The van der Waals surface area contributed by atoms with Crippen molar-refractivity contribution in [3.05, 3.63) is 47.3 Å². The monoisotopic (exact) mass is 313 g/mol. The zero-order chi connectivity index (χ0) is 16.2. The first kappa shape index (κ1) is 16.4. The van der Waals surface area contributed by atoms with Crippen LogP contribution in [-0.2, 0) is 26.2 Å². The first-order valence-corrected chi connectivity index (χ1v) is 6.84. The molecule has 7 heteroatoms. The summed E-state index contributed by atoms with van der Waals surface area (Å²) in [6.07, 6.45) is -3.64. The molecule has 0 aliphatic rings. The summed E-state index contributed by atoms with van der Waals surface area (Å²) in [6.45, 7) is 0.989. The predicted molar refractivity (Wildman–Crippen MR) is 76.6 cm³/mol. The molecule has 0 saturated heterocycles. The fourth-order valence-corrected chi connectivity index (χ4v) is 2.09. The maximum Gasteiger partial charge on any atom is 0.435 e. The highest BCUT2D eigenvalue weighted by atomic mass is 19.4. The van der Waals surface area contributed by atoms with Crippen molar-refractivity contribution < 1.29 is 17.9 Å². The van der Waals surface area contributed by atoms with Gasteiger partial charge in [-0.05, 0) is 36.7 Å². The Kier molecular flexibility index (Phi) is 5.07. The minimum atomic E-state index is -4.41. The number of hydrogen-bond acceptors (Lipinski definition) is 3. The van der Waals surface area contributed by atoms with Crippen LogP contribution < -0.4 is 10.1 Å². The average Bonchev–Trinajstić information content (AvgIpc) is 2.85. The molecule has 1 aromatic carbocycles. The number of rotatable bonds is 6. The molecule has 0 spiro atoms. The van der Waals surface area contributed by atoms with Gasteiger partial charge in [0.25, 0.3) is 0 Å². The normalized spacial score (nSPS) is 11.7. The first-order chi connectivity index (χ1) is 10.4. The van der Waals surface area contributed by atoms with Crippen LogP contribution in [0.15, 0.2) is 30.3 Å². The summed E-state index contributed by atoms with van der Waals surface area (Å²) in [7, 11) is 3.12. The Hall–Kier alpha value is -2.02. The fraction of sp³-hybridized carbons (Fsp3) is 0.400. The van der Waals surface area contributed by atoms with Gasteiger partial charge in [0, 0.05) is 13.6 Å². The van der Waals surface area contributed by atoms with Crippen LogP contribution in [0.5, 0.6) is 5.75 Å². The van der Waals surface area contributed by atoms with Crippen molar-refractivity contribution in [2.45, 2.75) is 19.1 Å². The molecule has 120 valence electrons. The molecule has 0 saturated carbocycles. The van der Waals surface area contributed by atoms with Crippen LogP contribution in [0.1, 0.15) is 17.0 Å². The predicted octanol–water partition coefficient (Wildman–Crippen LogP) is 2.78. The van der Waals surface area contributed by atoms with Gasteiger partial charge in [0.15, 0.2) is 5.69 Å². The standard InChI is InChI=1S/C15H18F3N3O/c1-21-12(9-14(20-21)15(16,17)18)10-19-7-6-11-4-3-5-13(8-11)22-2/h3-5,8-9,19H,6-7,10H2,1-2H3. The number of methoxy groups -OCH3 is 1. The maximum atomic E-state index is 12.6. The maximum absolute atomic E-state index is 12.6. The van der Waals surface area contributed by atoms with E-state index in [9.17, 15) is 13.2 Å². The smallest absolute Gasteiger partial charge is 0.435 e. The topological polar surface area (TPSA) is 39.1 Å². The second-order valence-corrected chi connectivity index (χ2v) is 4.92. The van der Waals surface area contributed by atoms with Crippen molar-refractivity contribution >= 4 is 0 Å². The van der Waals surface area contributed by atoms with Crippen LogP contribution in [0.2, 0.25) is 0 Å². The van der Waals surface area contributed by atoms with Crippen LogP contribution >= 0.6 is 0 Å². The molecule has 4 nitrogen and oxygen atoms in total. The summed E-state index contributed by atoms with van der Waals surface area (Å²) in [4.78, 5) is 0. The number of alkyl halides is 3. The lowest BCUT2D eigenvalue weighted by molar-refractivity contribution is -0.141. The molecule has 0 radical (unpaired) electrons. The van der Waals surface area contributed by atoms with Gasteiger partial charge in [0.1, 0.15) is 5.75 Å². The van der Waals surface area contributed by atoms with Gasteiger partial charge in [0.05, 0.1) is 12.8 Å². The highest BCUT2D eigenvalue weighted by Gasteiger charge is 2.34. The van der Waals surface area contributed by atoms with Gasteiger partial charge in [-0.25, -0.2) is 0 Å². The van der Waals surface area contributed by atoms with Gasteiger partial charge in [-0.2, -0.15) is 18.3 Å². The second-order valence-electron chi connectivity index (χ2n) is 4.92. The Morgan fingerprint density at radius 3 is 2.68 bits per heavy atom. The molecular weight excluding hydrogens is 295 g/mol. The highest BCUT2D eigenvalue weighted by Crippen LogP contribution is 2.28. The van der Waals surface area contributed by atoms with Gasteiger partial charge in [-0.1, -0.05) is 12.1 Å². The van der Waals surface area contributed by atoms with Gasteiger partial charge in [-0.3, -0.25) is 4.68 Å². The summed E-state index contributed by atoms with van der Waals surface area (Å²) in [5.74, 6) is 0.791. The molecule has 22 heavy (non-hydrogen) atoms. The van der Waals surface area contributed by atoms with Crippen LogP contribution in [0, 0.1) is 0 Å². The third-order valence-corrected chi connectivity index (χ3v) is 3.30. The van der Waals surface area contributed by atoms with E-state index in [0.717, 1.165) is 23.8 Å². The second kappa shape index (κ2) is 6.83. The first-order valence-electron chi connectivity index (χ1n) is 6.84. The van der Waals surface area contributed by atoms with E-state index >= 15 is 0 Å². The summed E-state index contributed by atoms with van der Waals surface area (Å²) in [5.41, 5.74) is 0.741. The Balaban J connectivity index is 1.85. The number of aryl methyl sites for hydroxylation is 1. The van der Waals surface area contributed by atoms with E-state index in [4.69, 9.17) is 4.74 Å². The van der Waals surface area contributed by atoms with E-state index in [-0.39, 0.29) is 0 Å². The number of aromatic nitrogens is 2. The third kappa shape index (κ3) is 4.24. The number of nitrogens with one attached hydrogen (secondary N) is 1. The highest BCUT2D eigenvalue weighted by molar-refractivity contribution is 5.28. The lowest BCUT2D eigenvalue weighted by Gasteiger charge is -2.06. The van der Waals surface area contributed by atoms with Gasteiger partial charge < -0.3 is 10.1 Å². The van der Waals surface area contributed by atoms with Crippen LogP contribution in [0.4, 0.5) is 13.2 Å². The third-order valence-electron chi connectivity index (χ3n) is 3.30. The van der Waals surface area contributed by atoms with E-state index in [1.165, 1.54) is 11.7 Å². The number of benzene rings is 1. The van der Waals surface area contributed by atoms with Crippen molar-refractivity contribution in [3.63, 3.8) is 0 Å². The van der Waals surface area contributed by atoms with Gasteiger partial charge >= 0.3 is 6.18 Å². The molecule has 0 fully saturated rings. The average molecular weight is 313 g/mol. The SMILES string of the molecule is COc1cccc(CCNCc2cc(C(F)(F)F)nn2C)c1. The van der Waals surface area contributed by atoms with Crippen molar-refractivity contribution in [3.8, 4) is 5.75 Å². The summed E-state index contributed by atoms with van der Waals surface area (Å²) in [6, 6.07) is 8.76. The molecule has 1 aromatic heterocycles. The molecular formula is C15H18F3N3O. The quantitative estimate of drug-likeness (QED) is 0.834. The Morgan fingerprint density at radius 2 is 2.05 bits per heavy atom. The Bertz CT molecular complexity index is 623. The van der Waals surface area contributed by atoms with E-state index in [1.54, 1.807) is 7.11 Å². The molecule has 0 bridgehead atoms. The zero-order valence-corrected chi connectivity index (χ0v) is 12.4. The van der Waals surface area contributed by atoms with Crippen LogP contribution in [0.3, 0.4) is 0 Å². The number of nitrogens with zero attached hydrogens (tertiary/aromatic N) is 2. The lowest BCUT2D eigenvalue weighted by atomic mass is 10.1. The van der Waals surface area contributed by atoms with Gasteiger partial charge in [-0.15, -0.1) is 0 Å². The molecule has 2 aromatic rings. The number of ether oxygens (including phenoxy) is 1. The van der Waals surface area contributed by atoms with Crippen molar-refractivity contribution in [2.24, 2.45) is 7.05 Å². The van der Waals surface area contributed by atoms with E-state index in [0.29, 0.717) is 18.8 Å². The summed E-state index contributed by atoms with van der Waals surface area (Å²) in [5, 5.41) is 6.60. The number of hydrogen-bond donors (Lipinski definition) is 1. The van der Waals surface area contributed by atoms with Crippen molar-refractivity contribution in [2.75, 3.05) is 13.7 Å². The zero-order valence-electron chi connectivity index (χ0n) is 12.4. The minimum Gasteiger partial charge on any atom is -0.497 e. The fourth-order valence-electron chi connectivity index (χ4n) is 2.09. The van der Waals surface area contributed by atoms with Crippen LogP contribution in [0.25, 0.3) is 0 Å². The van der Waals surface area contributed by atoms with E-state index in [2.05, 4.69) is 10.4 Å². The summed E-state index contributed by atoms with van der Waals surface area (Å²) >= 11 is 0. The van der Waals surface area contributed by atoms with Crippen LogP contribution in [-0.4, -0.2) is 23.4 Å².